The minimum atomic E-state index is -0.460. The highest BCUT2D eigenvalue weighted by Gasteiger charge is 2.40. The number of halogens is 1. The number of ether oxygens (including phenoxy) is 1. The van der Waals surface area contributed by atoms with Crippen LogP contribution in [0.25, 0.3) is 0 Å². The zero-order valence-corrected chi connectivity index (χ0v) is 12.4. The van der Waals surface area contributed by atoms with Crippen molar-refractivity contribution in [2.24, 2.45) is 0 Å². The number of carbonyl (C=O) groups excluding carboxylic acids is 2. The van der Waals surface area contributed by atoms with Gasteiger partial charge < -0.3 is 9.84 Å². The van der Waals surface area contributed by atoms with Crippen molar-refractivity contribution in [1.82, 2.24) is 0 Å². The van der Waals surface area contributed by atoms with E-state index in [1.165, 1.54) is 24.9 Å². The van der Waals surface area contributed by atoms with Crippen molar-refractivity contribution in [3.63, 3.8) is 0 Å². The van der Waals surface area contributed by atoms with Gasteiger partial charge >= 0.3 is 0 Å². The maximum absolute atomic E-state index is 12.3. The van der Waals surface area contributed by atoms with Crippen molar-refractivity contribution in [3.05, 3.63) is 23.2 Å². The Morgan fingerprint density at radius 3 is 2.90 bits per heavy atom. The Hall–Kier alpha value is -1.24. The van der Waals surface area contributed by atoms with Crippen LogP contribution in [0.5, 0.6) is 5.75 Å². The number of nitrogens with zero attached hydrogens (tertiary/aromatic N) is 1. The number of imide groups is 1. The molecule has 1 fully saturated rings. The number of hydrogen-bond donors (Lipinski definition) is 1. The second-order valence-electron chi connectivity index (χ2n) is 4.17. The van der Waals surface area contributed by atoms with Gasteiger partial charge in [0.2, 0.25) is 11.8 Å². The molecule has 7 heteroatoms. The van der Waals surface area contributed by atoms with Gasteiger partial charge in [0.1, 0.15) is 5.75 Å². The number of aliphatic hydroxyl groups excluding tert-OH is 1. The molecule has 0 aromatic heterocycles. The lowest BCUT2D eigenvalue weighted by Crippen LogP contribution is -2.31. The van der Waals surface area contributed by atoms with E-state index in [0.717, 1.165) is 4.90 Å². The maximum Gasteiger partial charge on any atom is 0.247 e. The molecule has 20 heavy (non-hydrogen) atoms. The van der Waals surface area contributed by atoms with Gasteiger partial charge in [0.05, 0.1) is 24.7 Å². The van der Waals surface area contributed by atoms with Crippen molar-refractivity contribution in [3.8, 4) is 5.75 Å². The zero-order chi connectivity index (χ0) is 14.7. The van der Waals surface area contributed by atoms with E-state index in [9.17, 15) is 9.59 Å². The van der Waals surface area contributed by atoms with Crippen molar-refractivity contribution in [2.75, 3.05) is 24.4 Å². The van der Waals surface area contributed by atoms with Crippen molar-refractivity contribution >= 4 is 40.9 Å². The van der Waals surface area contributed by atoms with Crippen LogP contribution in [0.3, 0.4) is 0 Å². The van der Waals surface area contributed by atoms with Crippen molar-refractivity contribution in [2.45, 2.75) is 11.7 Å². The summed E-state index contributed by atoms with van der Waals surface area (Å²) >= 11 is 7.20. The molecule has 0 radical (unpaired) electrons. The second kappa shape index (κ2) is 6.47. The Morgan fingerprint density at radius 2 is 2.25 bits per heavy atom. The molecule has 1 heterocycles. The molecular formula is C13H14ClNO4S. The molecule has 0 saturated carbocycles. The highest BCUT2D eigenvalue weighted by atomic mass is 35.5. The predicted molar refractivity (Wildman–Crippen MR) is 78.4 cm³/mol. The third kappa shape index (κ3) is 2.92. The number of thioether (sulfide) groups is 1. The fourth-order valence-corrected chi connectivity index (χ4v) is 3.08. The third-order valence-corrected chi connectivity index (χ3v) is 4.32. The van der Waals surface area contributed by atoms with Gasteiger partial charge in [-0.25, -0.2) is 4.90 Å². The lowest BCUT2D eigenvalue weighted by atomic mass is 10.2. The molecule has 5 nitrogen and oxygen atoms in total. The molecule has 1 saturated heterocycles. The summed E-state index contributed by atoms with van der Waals surface area (Å²) in [6.07, 6.45) is 0.124. The molecule has 0 spiro atoms. The standard InChI is InChI=1S/C13H14ClNO4S/c1-19-10-3-2-8(14)6-9(10)15-12(17)7-11(13(15)18)20-5-4-16/h2-3,6,11,16H,4-5,7H2,1H3. The molecular weight excluding hydrogens is 302 g/mol. The summed E-state index contributed by atoms with van der Waals surface area (Å²) in [6.45, 7) is -0.0247. The lowest BCUT2D eigenvalue weighted by Gasteiger charge is -2.18. The van der Waals surface area contributed by atoms with Crippen LogP contribution in [0.4, 0.5) is 5.69 Å². The molecule has 0 bridgehead atoms. The summed E-state index contributed by atoms with van der Waals surface area (Å²) in [5, 5.41) is 8.78. The largest absolute Gasteiger partial charge is 0.495 e. The Morgan fingerprint density at radius 1 is 1.50 bits per heavy atom. The molecule has 0 aliphatic carbocycles. The smallest absolute Gasteiger partial charge is 0.247 e. The highest BCUT2D eigenvalue weighted by molar-refractivity contribution is 8.00. The van der Waals surface area contributed by atoms with Crippen LogP contribution < -0.4 is 9.64 Å². The molecule has 1 aliphatic rings. The molecule has 1 aliphatic heterocycles. The van der Waals surface area contributed by atoms with E-state index >= 15 is 0 Å². The van der Waals surface area contributed by atoms with E-state index in [0.29, 0.717) is 22.2 Å². The molecule has 1 N–H and O–H groups in total. The van der Waals surface area contributed by atoms with E-state index in [2.05, 4.69) is 0 Å². The quantitative estimate of drug-likeness (QED) is 0.838. The van der Waals surface area contributed by atoms with Crippen LogP contribution in [0, 0.1) is 0 Å². The van der Waals surface area contributed by atoms with Crippen LogP contribution >= 0.6 is 23.4 Å². The van der Waals surface area contributed by atoms with Gasteiger partial charge in [0.15, 0.2) is 0 Å². The summed E-state index contributed by atoms with van der Waals surface area (Å²) in [4.78, 5) is 25.5. The number of amides is 2. The molecule has 1 unspecified atom stereocenters. The summed E-state index contributed by atoms with van der Waals surface area (Å²) < 4.78 is 5.17. The summed E-state index contributed by atoms with van der Waals surface area (Å²) in [7, 11) is 1.47. The summed E-state index contributed by atoms with van der Waals surface area (Å²) in [6, 6.07) is 4.79. The van der Waals surface area contributed by atoms with Crippen LogP contribution in [-0.2, 0) is 9.59 Å². The molecule has 1 aromatic rings. The average molecular weight is 316 g/mol. The van der Waals surface area contributed by atoms with E-state index in [4.69, 9.17) is 21.4 Å². The fraction of sp³-hybridized carbons (Fsp3) is 0.385. The monoisotopic (exact) mass is 315 g/mol. The highest BCUT2D eigenvalue weighted by Crippen LogP contribution is 2.36. The number of rotatable bonds is 5. The Labute approximate surface area is 125 Å². The first-order valence-corrected chi connectivity index (χ1v) is 7.44. The van der Waals surface area contributed by atoms with Gasteiger partial charge in [0.25, 0.3) is 0 Å². The Kier molecular flexibility index (Phi) is 4.91. The van der Waals surface area contributed by atoms with Crippen molar-refractivity contribution < 1.29 is 19.4 Å². The van der Waals surface area contributed by atoms with E-state index < -0.39 is 5.25 Å². The molecule has 2 amide bonds. The average Bonchev–Trinajstić information content (AvgIpc) is 2.71. The Bertz CT molecular complexity index is 537. The van der Waals surface area contributed by atoms with Crippen LogP contribution in [0.15, 0.2) is 18.2 Å². The summed E-state index contributed by atoms with van der Waals surface area (Å²) in [5.74, 6) is 0.258. The fourth-order valence-electron chi connectivity index (χ4n) is 2.02. The first-order chi connectivity index (χ1) is 9.58. The number of carbonyl (C=O) groups is 2. The van der Waals surface area contributed by atoms with E-state index in [-0.39, 0.29) is 24.8 Å². The first-order valence-electron chi connectivity index (χ1n) is 6.01. The summed E-state index contributed by atoms with van der Waals surface area (Å²) in [5.41, 5.74) is 0.363. The van der Waals surface area contributed by atoms with Gasteiger partial charge in [0, 0.05) is 17.2 Å². The van der Waals surface area contributed by atoms with Crippen molar-refractivity contribution in [1.29, 1.82) is 0 Å². The molecule has 1 aromatic carbocycles. The van der Waals surface area contributed by atoms with E-state index in [1.54, 1.807) is 12.1 Å². The zero-order valence-electron chi connectivity index (χ0n) is 10.8. The molecule has 108 valence electrons. The minimum absolute atomic E-state index is 0.0247. The molecule has 2 rings (SSSR count). The minimum Gasteiger partial charge on any atom is -0.495 e. The SMILES string of the molecule is COc1ccc(Cl)cc1N1C(=O)CC(SCCO)C1=O. The normalized spacial score (nSPS) is 18.8. The van der Waals surface area contributed by atoms with Crippen LogP contribution in [0.1, 0.15) is 6.42 Å². The first kappa shape index (κ1) is 15.2. The third-order valence-electron chi connectivity index (χ3n) is 2.90. The maximum atomic E-state index is 12.3. The number of benzene rings is 1. The number of anilines is 1. The predicted octanol–water partition coefficient (Wildman–Crippen LogP) is 1.71. The Balaban J connectivity index is 2.30. The van der Waals surface area contributed by atoms with Gasteiger partial charge in [-0.05, 0) is 18.2 Å². The number of hydrogen-bond acceptors (Lipinski definition) is 5. The lowest BCUT2D eigenvalue weighted by molar-refractivity contribution is -0.121. The van der Waals surface area contributed by atoms with Gasteiger partial charge in [-0.3, -0.25) is 9.59 Å². The topological polar surface area (TPSA) is 66.8 Å². The van der Waals surface area contributed by atoms with E-state index in [1.807, 2.05) is 0 Å². The van der Waals surface area contributed by atoms with Crippen LogP contribution in [-0.4, -0.2) is 41.6 Å². The van der Waals surface area contributed by atoms with Gasteiger partial charge in [-0.1, -0.05) is 11.6 Å². The molecule has 1 atom stereocenters. The number of methoxy groups -OCH3 is 1. The number of aliphatic hydroxyl groups is 1. The van der Waals surface area contributed by atoms with Gasteiger partial charge in [-0.15, -0.1) is 11.8 Å². The second-order valence-corrected chi connectivity index (χ2v) is 5.92. The van der Waals surface area contributed by atoms with Gasteiger partial charge in [-0.2, -0.15) is 0 Å². The van der Waals surface area contributed by atoms with Crippen LogP contribution in [0.2, 0.25) is 5.02 Å².